The van der Waals surface area contributed by atoms with Crippen LogP contribution in [0.5, 0.6) is 11.5 Å². The molecule has 0 aliphatic carbocycles. The molecule has 1 unspecified atom stereocenters. The van der Waals surface area contributed by atoms with Gasteiger partial charge in [0.05, 0.1) is 18.4 Å². The van der Waals surface area contributed by atoms with E-state index < -0.39 is 10.0 Å². The number of carbonyl (C=O) groups excluding carboxylic acids is 1. The van der Waals surface area contributed by atoms with E-state index in [1.54, 1.807) is 6.08 Å². The van der Waals surface area contributed by atoms with Crippen molar-refractivity contribution in [1.82, 2.24) is 9.62 Å². The minimum Gasteiger partial charge on any atom is -0.490 e. The third-order valence-corrected chi connectivity index (χ3v) is 5.76. The van der Waals surface area contributed by atoms with E-state index in [1.807, 2.05) is 25.1 Å². The van der Waals surface area contributed by atoms with Crippen LogP contribution in [-0.4, -0.2) is 57.2 Å². The summed E-state index contributed by atoms with van der Waals surface area (Å²) in [6.07, 6.45) is 4.49. The quantitative estimate of drug-likeness (QED) is 0.835. The lowest BCUT2D eigenvalue weighted by Crippen LogP contribution is -2.49. The van der Waals surface area contributed by atoms with Gasteiger partial charge in [0.15, 0.2) is 11.5 Å². The Labute approximate surface area is 154 Å². The van der Waals surface area contributed by atoms with Crippen molar-refractivity contribution in [3.05, 3.63) is 29.3 Å². The van der Waals surface area contributed by atoms with Crippen molar-refractivity contribution < 1.29 is 22.7 Å². The molecule has 7 nitrogen and oxygen atoms in total. The van der Waals surface area contributed by atoms with Gasteiger partial charge in [-0.15, -0.1) is 0 Å². The largest absolute Gasteiger partial charge is 0.490 e. The minimum atomic E-state index is -3.24. The fourth-order valence-corrected chi connectivity index (χ4v) is 4.13. The summed E-state index contributed by atoms with van der Waals surface area (Å²) in [6, 6.07) is 5.37. The zero-order valence-electron chi connectivity index (χ0n) is 15.0. The molecule has 2 heterocycles. The Bertz CT molecular complexity index is 819. The third kappa shape index (κ3) is 4.19. The molecule has 0 aromatic heterocycles. The molecule has 0 saturated carbocycles. The van der Waals surface area contributed by atoms with Crippen molar-refractivity contribution >= 4 is 22.0 Å². The van der Waals surface area contributed by atoms with E-state index in [2.05, 4.69) is 5.32 Å². The first-order valence-corrected chi connectivity index (χ1v) is 10.6. The molecule has 8 heteroatoms. The van der Waals surface area contributed by atoms with Crippen molar-refractivity contribution in [2.75, 3.05) is 32.6 Å². The van der Waals surface area contributed by atoms with Crippen molar-refractivity contribution in [2.45, 2.75) is 25.8 Å². The maximum Gasteiger partial charge on any atom is 0.250 e. The van der Waals surface area contributed by atoms with E-state index >= 15 is 0 Å². The van der Waals surface area contributed by atoms with Crippen LogP contribution in [0.4, 0.5) is 0 Å². The highest BCUT2D eigenvalue weighted by Gasteiger charge is 2.28. The topological polar surface area (TPSA) is 84.9 Å². The number of para-hydroxylation sites is 1. The van der Waals surface area contributed by atoms with Crippen LogP contribution in [0.1, 0.15) is 25.3 Å². The van der Waals surface area contributed by atoms with E-state index in [0.717, 1.165) is 18.4 Å². The fraction of sp³-hybridized carbons (Fsp3) is 0.500. The summed E-state index contributed by atoms with van der Waals surface area (Å²) in [5.74, 6) is 1.08. The Morgan fingerprint density at radius 2 is 2.23 bits per heavy atom. The van der Waals surface area contributed by atoms with Gasteiger partial charge >= 0.3 is 0 Å². The predicted molar refractivity (Wildman–Crippen MR) is 98.7 cm³/mol. The van der Waals surface area contributed by atoms with Gasteiger partial charge in [0.1, 0.15) is 6.61 Å². The van der Waals surface area contributed by atoms with Gasteiger partial charge in [0, 0.05) is 24.7 Å². The number of piperidine rings is 1. The van der Waals surface area contributed by atoms with Crippen molar-refractivity contribution in [1.29, 1.82) is 0 Å². The van der Waals surface area contributed by atoms with Gasteiger partial charge < -0.3 is 14.8 Å². The normalized spacial score (nSPS) is 20.5. The number of hydrogen-bond acceptors (Lipinski definition) is 5. The summed E-state index contributed by atoms with van der Waals surface area (Å²) in [7, 11) is -3.24. The fourth-order valence-electron chi connectivity index (χ4n) is 3.22. The predicted octanol–water partition coefficient (Wildman–Crippen LogP) is 1.40. The number of ether oxygens (including phenoxy) is 2. The van der Waals surface area contributed by atoms with Crippen molar-refractivity contribution in [2.24, 2.45) is 0 Å². The average molecular weight is 380 g/mol. The molecular formula is C18H24N2O5S. The van der Waals surface area contributed by atoms with E-state index in [1.165, 1.54) is 10.6 Å². The van der Waals surface area contributed by atoms with Crippen LogP contribution in [0.15, 0.2) is 23.8 Å². The zero-order chi connectivity index (χ0) is 18.7. The van der Waals surface area contributed by atoms with Gasteiger partial charge in [-0.3, -0.25) is 4.79 Å². The standard InChI is InChI=1S/C18H24N2O5S/c1-3-24-16-8-4-6-13-10-14(12-25-17(13)16)18(21)19-15-7-5-9-20(11-15)26(2,22)23/h4,6,8,10,15H,3,5,7,9,11-12H2,1-2H3,(H,19,21). The second-order valence-electron chi connectivity index (χ2n) is 6.50. The average Bonchev–Trinajstić information content (AvgIpc) is 2.61. The molecule has 3 rings (SSSR count). The molecule has 2 aliphatic heterocycles. The second kappa shape index (κ2) is 7.67. The summed E-state index contributed by atoms with van der Waals surface area (Å²) in [4.78, 5) is 12.6. The molecule has 2 aliphatic rings. The van der Waals surface area contributed by atoms with Crippen LogP contribution in [-0.2, 0) is 14.8 Å². The zero-order valence-corrected chi connectivity index (χ0v) is 15.8. The molecule has 26 heavy (non-hydrogen) atoms. The maximum absolute atomic E-state index is 12.6. The number of fused-ring (bicyclic) bond motifs is 1. The van der Waals surface area contributed by atoms with Crippen LogP contribution < -0.4 is 14.8 Å². The maximum atomic E-state index is 12.6. The molecule has 1 saturated heterocycles. The molecule has 142 valence electrons. The molecule has 1 aromatic carbocycles. The number of nitrogens with zero attached hydrogens (tertiary/aromatic N) is 1. The summed E-state index contributed by atoms with van der Waals surface area (Å²) < 4.78 is 36.1. The molecule has 0 radical (unpaired) electrons. The van der Waals surface area contributed by atoms with E-state index in [0.29, 0.717) is 36.8 Å². The smallest absolute Gasteiger partial charge is 0.250 e. The van der Waals surface area contributed by atoms with Crippen molar-refractivity contribution in [3.8, 4) is 11.5 Å². The Hall–Kier alpha value is -2.06. The Morgan fingerprint density at radius 3 is 2.96 bits per heavy atom. The monoisotopic (exact) mass is 380 g/mol. The summed E-state index contributed by atoms with van der Waals surface area (Å²) in [5.41, 5.74) is 1.32. The molecule has 1 amide bonds. The Morgan fingerprint density at radius 1 is 1.42 bits per heavy atom. The Kier molecular flexibility index (Phi) is 5.52. The lowest BCUT2D eigenvalue weighted by Gasteiger charge is -2.31. The number of nitrogens with one attached hydrogen (secondary N) is 1. The van der Waals surface area contributed by atoms with Gasteiger partial charge in [0.25, 0.3) is 5.91 Å². The molecule has 0 bridgehead atoms. The number of carbonyl (C=O) groups is 1. The summed E-state index contributed by atoms with van der Waals surface area (Å²) in [6.45, 7) is 3.41. The molecule has 1 N–H and O–H groups in total. The SMILES string of the molecule is CCOc1cccc2c1OCC(C(=O)NC1CCCN(S(C)(=O)=O)C1)=C2. The van der Waals surface area contributed by atoms with Crippen LogP contribution in [0.25, 0.3) is 6.08 Å². The summed E-state index contributed by atoms with van der Waals surface area (Å²) >= 11 is 0. The van der Waals surface area contributed by atoms with Gasteiger partial charge in [-0.25, -0.2) is 12.7 Å². The number of amides is 1. The molecule has 1 aromatic rings. The first kappa shape index (κ1) is 18.7. The lowest BCUT2D eigenvalue weighted by molar-refractivity contribution is -0.118. The van der Waals surface area contributed by atoms with Crippen molar-refractivity contribution in [3.63, 3.8) is 0 Å². The van der Waals surface area contributed by atoms with E-state index in [9.17, 15) is 13.2 Å². The first-order valence-electron chi connectivity index (χ1n) is 8.73. The lowest BCUT2D eigenvalue weighted by atomic mass is 10.0. The van der Waals surface area contributed by atoms with Gasteiger partial charge in [-0.1, -0.05) is 12.1 Å². The van der Waals surface area contributed by atoms with Gasteiger partial charge in [0.2, 0.25) is 10.0 Å². The first-order chi connectivity index (χ1) is 12.4. The third-order valence-electron chi connectivity index (χ3n) is 4.49. The van der Waals surface area contributed by atoms with Crippen LogP contribution >= 0.6 is 0 Å². The van der Waals surface area contributed by atoms with Gasteiger partial charge in [-0.05, 0) is 31.9 Å². The number of rotatable bonds is 5. The van der Waals surface area contributed by atoms with Gasteiger partial charge in [-0.2, -0.15) is 0 Å². The Balaban J connectivity index is 1.70. The molecule has 1 fully saturated rings. The van der Waals surface area contributed by atoms with Crippen LogP contribution in [0.3, 0.4) is 0 Å². The number of sulfonamides is 1. The minimum absolute atomic E-state index is 0.158. The highest BCUT2D eigenvalue weighted by Crippen LogP contribution is 2.35. The molecule has 0 spiro atoms. The van der Waals surface area contributed by atoms with Crippen LogP contribution in [0, 0.1) is 0 Å². The van der Waals surface area contributed by atoms with Crippen LogP contribution in [0.2, 0.25) is 0 Å². The van der Waals surface area contributed by atoms with E-state index in [4.69, 9.17) is 9.47 Å². The number of benzene rings is 1. The summed E-state index contributed by atoms with van der Waals surface area (Å²) in [5, 5.41) is 2.94. The number of hydrogen-bond donors (Lipinski definition) is 1. The van der Waals surface area contributed by atoms with E-state index in [-0.39, 0.29) is 18.6 Å². The molecular weight excluding hydrogens is 356 g/mol. The highest BCUT2D eigenvalue weighted by atomic mass is 32.2. The second-order valence-corrected chi connectivity index (χ2v) is 8.48. The molecule has 1 atom stereocenters. The highest BCUT2D eigenvalue weighted by molar-refractivity contribution is 7.88.